The fraction of sp³-hybridized carbons (Fsp3) is 0.273. The van der Waals surface area contributed by atoms with Crippen molar-refractivity contribution in [3.8, 4) is 16.3 Å². The van der Waals surface area contributed by atoms with Crippen LogP contribution in [-0.4, -0.2) is 17.3 Å². The molecule has 90 valence electrons. The van der Waals surface area contributed by atoms with Crippen molar-refractivity contribution in [3.63, 3.8) is 0 Å². The van der Waals surface area contributed by atoms with Gasteiger partial charge in [-0.1, -0.05) is 11.3 Å². The van der Waals surface area contributed by atoms with Gasteiger partial charge in [0.2, 0.25) is 0 Å². The van der Waals surface area contributed by atoms with E-state index in [1.54, 1.807) is 7.11 Å². The van der Waals surface area contributed by atoms with Crippen molar-refractivity contribution in [2.24, 2.45) is 0 Å². The van der Waals surface area contributed by atoms with E-state index in [0.29, 0.717) is 0 Å². The van der Waals surface area contributed by atoms with Crippen LogP contribution in [-0.2, 0) is 0 Å². The van der Waals surface area contributed by atoms with Crippen molar-refractivity contribution in [2.45, 2.75) is 12.3 Å². The van der Waals surface area contributed by atoms with Crippen LogP contribution >= 0.6 is 38.9 Å². The lowest BCUT2D eigenvalue weighted by Gasteiger charge is -2.03. The van der Waals surface area contributed by atoms with Crippen molar-refractivity contribution < 1.29 is 4.74 Å². The van der Waals surface area contributed by atoms with Crippen LogP contribution < -0.4 is 4.74 Å². The van der Waals surface area contributed by atoms with Crippen molar-refractivity contribution >= 4 is 38.9 Å². The lowest BCUT2D eigenvalue weighted by Crippen LogP contribution is -1.85. The van der Waals surface area contributed by atoms with Crippen LogP contribution in [0.25, 0.3) is 10.6 Å². The molecule has 0 aliphatic carbocycles. The minimum absolute atomic E-state index is 0.108. The molecule has 0 aliphatic rings. The Kier molecular flexibility index (Phi) is 4.01. The molecule has 17 heavy (non-hydrogen) atoms. The summed E-state index contributed by atoms with van der Waals surface area (Å²) < 4.78 is 6.08. The third-order valence-corrected chi connectivity index (χ3v) is 4.29. The van der Waals surface area contributed by atoms with Gasteiger partial charge in [0, 0.05) is 5.56 Å². The number of rotatable bonds is 3. The number of aromatic nitrogens is 2. The minimum Gasteiger partial charge on any atom is -0.496 e. The van der Waals surface area contributed by atoms with Crippen LogP contribution in [0.4, 0.5) is 0 Å². The number of hydrogen-bond acceptors (Lipinski definition) is 4. The molecule has 2 rings (SSSR count). The zero-order valence-corrected chi connectivity index (χ0v) is 12.4. The Morgan fingerprint density at radius 2 is 2.18 bits per heavy atom. The first-order valence-corrected chi connectivity index (χ1v) is 6.98. The molecular formula is C11H10BrClN2OS. The summed E-state index contributed by atoms with van der Waals surface area (Å²) in [6.45, 7) is 1.88. The summed E-state index contributed by atoms with van der Waals surface area (Å²) in [4.78, 5) is 0. The second-order valence-electron chi connectivity index (χ2n) is 3.41. The average Bonchev–Trinajstić information content (AvgIpc) is 2.78. The van der Waals surface area contributed by atoms with E-state index in [4.69, 9.17) is 16.3 Å². The molecule has 0 aliphatic heterocycles. The van der Waals surface area contributed by atoms with E-state index in [0.717, 1.165) is 25.8 Å². The van der Waals surface area contributed by atoms with Gasteiger partial charge in [0.05, 0.1) is 17.0 Å². The fourth-order valence-corrected chi connectivity index (χ4v) is 2.80. The van der Waals surface area contributed by atoms with Crippen molar-refractivity contribution in [1.29, 1.82) is 0 Å². The quantitative estimate of drug-likeness (QED) is 0.787. The molecular weight excluding hydrogens is 324 g/mol. The molecule has 0 N–H and O–H groups in total. The topological polar surface area (TPSA) is 35.0 Å². The Bertz CT molecular complexity index is 530. The third kappa shape index (κ3) is 2.78. The highest BCUT2D eigenvalue weighted by Crippen LogP contribution is 2.33. The SMILES string of the molecule is COc1ccc(-c2nnc(C(C)Cl)s2)cc1Br. The molecule has 1 aromatic heterocycles. The standard InChI is InChI=1S/C11H10BrClN2OS/c1-6(13)10-14-15-11(17-10)7-3-4-9(16-2)8(12)5-7/h3-6H,1-2H3. The first-order chi connectivity index (χ1) is 8.11. The highest BCUT2D eigenvalue weighted by Gasteiger charge is 2.11. The summed E-state index contributed by atoms with van der Waals surface area (Å²) >= 11 is 10.9. The van der Waals surface area contributed by atoms with Crippen LogP contribution in [0.15, 0.2) is 22.7 Å². The van der Waals surface area contributed by atoms with Crippen molar-refractivity contribution in [3.05, 3.63) is 27.7 Å². The molecule has 1 aromatic carbocycles. The monoisotopic (exact) mass is 332 g/mol. The molecule has 1 heterocycles. The predicted octanol–water partition coefficient (Wildman–Crippen LogP) is 4.28. The summed E-state index contributed by atoms with van der Waals surface area (Å²) in [6, 6.07) is 5.80. The van der Waals surface area contributed by atoms with Crippen LogP contribution in [0.5, 0.6) is 5.75 Å². The van der Waals surface area contributed by atoms with Gasteiger partial charge in [0.1, 0.15) is 15.8 Å². The average molecular weight is 334 g/mol. The molecule has 0 amide bonds. The Morgan fingerprint density at radius 1 is 1.41 bits per heavy atom. The normalized spacial score (nSPS) is 12.5. The van der Waals surface area contributed by atoms with E-state index in [9.17, 15) is 0 Å². The molecule has 0 spiro atoms. The minimum atomic E-state index is -0.108. The molecule has 3 nitrogen and oxygen atoms in total. The van der Waals surface area contributed by atoms with E-state index in [1.807, 2.05) is 25.1 Å². The van der Waals surface area contributed by atoms with E-state index in [2.05, 4.69) is 26.1 Å². The van der Waals surface area contributed by atoms with Crippen LogP contribution in [0.1, 0.15) is 17.3 Å². The summed E-state index contributed by atoms with van der Waals surface area (Å²) in [5.41, 5.74) is 0.999. The second kappa shape index (κ2) is 5.33. The van der Waals surface area contributed by atoms with Crippen LogP contribution in [0, 0.1) is 0 Å². The molecule has 0 saturated heterocycles. The molecule has 1 unspecified atom stereocenters. The van der Waals surface area contributed by atoms with Crippen LogP contribution in [0.3, 0.4) is 0 Å². The molecule has 0 fully saturated rings. The number of hydrogen-bond donors (Lipinski definition) is 0. The Labute approximate surface area is 117 Å². The molecule has 1 atom stereocenters. The van der Waals surface area contributed by atoms with E-state index in [-0.39, 0.29) is 5.38 Å². The third-order valence-electron chi connectivity index (χ3n) is 2.18. The van der Waals surface area contributed by atoms with Gasteiger partial charge in [-0.2, -0.15) is 0 Å². The van der Waals surface area contributed by atoms with Gasteiger partial charge < -0.3 is 4.74 Å². The zero-order chi connectivity index (χ0) is 12.4. The van der Waals surface area contributed by atoms with E-state index >= 15 is 0 Å². The van der Waals surface area contributed by atoms with Crippen LogP contribution in [0.2, 0.25) is 0 Å². The van der Waals surface area contributed by atoms with Crippen molar-refractivity contribution in [1.82, 2.24) is 10.2 Å². The summed E-state index contributed by atoms with van der Waals surface area (Å²) in [7, 11) is 1.64. The molecule has 2 aromatic rings. The number of nitrogens with zero attached hydrogens (tertiary/aromatic N) is 2. The smallest absolute Gasteiger partial charge is 0.147 e. The van der Waals surface area contributed by atoms with Gasteiger partial charge in [0.25, 0.3) is 0 Å². The predicted molar refractivity (Wildman–Crippen MR) is 73.9 cm³/mol. The fourth-order valence-electron chi connectivity index (χ4n) is 1.31. The van der Waals surface area contributed by atoms with Gasteiger partial charge in [-0.25, -0.2) is 0 Å². The molecule has 0 radical (unpaired) electrons. The number of methoxy groups -OCH3 is 1. The van der Waals surface area contributed by atoms with Gasteiger partial charge >= 0.3 is 0 Å². The molecule has 6 heteroatoms. The number of alkyl halides is 1. The maximum atomic E-state index is 5.96. The maximum absolute atomic E-state index is 5.96. The first kappa shape index (κ1) is 12.8. The highest BCUT2D eigenvalue weighted by molar-refractivity contribution is 9.10. The van der Waals surface area contributed by atoms with Gasteiger partial charge in [-0.3, -0.25) is 0 Å². The highest BCUT2D eigenvalue weighted by atomic mass is 79.9. The lowest BCUT2D eigenvalue weighted by atomic mass is 10.2. The van der Waals surface area contributed by atoms with Gasteiger partial charge in [-0.05, 0) is 41.1 Å². The first-order valence-electron chi connectivity index (χ1n) is 4.93. The Balaban J connectivity index is 2.36. The summed E-state index contributed by atoms with van der Waals surface area (Å²) in [5.74, 6) is 0.796. The molecule has 0 bridgehead atoms. The summed E-state index contributed by atoms with van der Waals surface area (Å²) in [5, 5.41) is 9.76. The zero-order valence-electron chi connectivity index (χ0n) is 9.28. The van der Waals surface area contributed by atoms with Gasteiger partial charge in [0.15, 0.2) is 0 Å². The Hall–Kier alpha value is -0.650. The second-order valence-corrected chi connectivity index (χ2v) is 5.93. The van der Waals surface area contributed by atoms with Crippen molar-refractivity contribution in [2.75, 3.05) is 7.11 Å². The maximum Gasteiger partial charge on any atom is 0.147 e. The number of halogens is 2. The lowest BCUT2D eigenvalue weighted by molar-refractivity contribution is 0.412. The Morgan fingerprint density at radius 3 is 2.71 bits per heavy atom. The van der Waals surface area contributed by atoms with E-state index < -0.39 is 0 Å². The van der Waals surface area contributed by atoms with Gasteiger partial charge in [-0.15, -0.1) is 21.8 Å². The summed E-state index contributed by atoms with van der Waals surface area (Å²) in [6.07, 6.45) is 0. The molecule has 0 saturated carbocycles. The number of ether oxygens (including phenoxy) is 1. The largest absolute Gasteiger partial charge is 0.496 e. The number of benzene rings is 1. The van der Waals surface area contributed by atoms with E-state index in [1.165, 1.54) is 11.3 Å².